The summed E-state index contributed by atoms with van der Waals surface area (Å²) in [7, 11) is 0. The van der Waals surface area contributed by atoms with E-state index in [1.165, 1.54) is 66.1 Å². The first-order valence-corrected chi connectivity index (χ1v) is 21.7. The summed E-state index contributed by atoms with van der Waals surface area (Å²) >= 11 is 0. The predicted molar refractivity (Wildman–Crippen MR) is 263 cm³/mol. The van der Waals surface area contributed by atoms with Gasteiger partial charge in [0.15, 0.2) is 5.82 Å². The molecule has 0 fully saturated rings. The van der Waals surface area contributed by atoms with Crippen LogP contribution >= 0.6 is 0 Å². The van der Waals surface area contributed by atoms with Crippen LogP contribution in [0.4, 0.5) is 0 Å². The quantitative estimate of drug-likeness (QED) is 0.168. The SMILES string of the molecule is CC1(C)c2cccc(-c3ccc(-c4ccc(-c5nc(-c6ccccc6)cc(-c6cccc(-c7cccnc7)c6)n5)c5ccccc45)c4ccccc34)c2-c2ccc3ccccc3c21. The molecular weight excluding hydrogens is 763 g/mol. The third kappa shape index (κ3) is 6.00. The van der Waals surface area contributed by atoms with Crippen LogP contribution in [0.3, 0.4) is 0 Å². The molecule has 0 bridgehead atoms. The van der Waals surface area contributed by atoms with Crippen molar-refractivity contribution in [1.29, 1.82) is 0 Å². The minimum Gasteiger partial charge on any atom is -0.264 e. The van der Waals surface area contributed by atoms with E-state index in [0.29, 0.717) is 5.82 Å². The molecule has 296 valence electrons. The van der Waals surface area contributed by atoms with Crippen LogP contribution in [-0.4, -0.2) is 15.0 Å². The average molecular weight is 804 g/mol. The highest BCUT2D eigenvalue weighted by Crippen LogP contribution is 2.55. The predicted octanol–water partition coefficient (Wildman–Crippen LogP) is 15.6. The van der Waals surface area contributed by atoms with Crippen LogP contribution in [0.25, 0.3) is 111 Å². The number of aromatic nitrogens is 3. The number of pyridine rings is 1. The average Bonchev–Trinajstić information content (AvgIpc) is 3.60. The maximum atomic E-state index is 5.33. The van der Waals surface area contributed by atoms with Gasteiger partial charge in [0, 0.05) is 40.1 Å². The Balaban J connectivity index is 1.01. The molecule has 0 radical (unpaired) electrons. The second-order valence-corrected chi connectivity index (χ2v) is 17.1. The van der Waals surface area contributed by atoms with Crippen LogP contribution in [0.15, 0.2) is 213 Å². The molecule has 2 heterocycles. The molecule has 9 aromatic carbocycles. The minimum absolute atomic E-state index is 0.132. The molecule has 12 rings (SSSR count). The Bertz CT molecular complexity index is 3590. The molecule has 0 amide bonds. The summed E-state index contributed by atoms with van der Waals surface area (Å²) in [5.74, 6) is 0.690. The molecule has 3 heteroatoms. The van der Waals surface area contributed by atoms with Crippen LogP contribution < -0.4 is 0 Å². The van der Waals surface area contributed by atoms with Crippen LogP contribution in [0.1, 0.15) is 25.0 Å². The van der Waals surface area contributed by atoms with E-state index >= 15 is 0 Å². The summed E-state index contributed by atoms with van der Waals surface area (Å²) in [5.41, 5.74) is 17.2. The monoisotopic (exact) mass is 803 g/mol. The van der Waals surface area contributed by atoms with Gasteiger partial charge in [-0.25, -0.2) is 9.97 Å². The molecular formula is C60H41N3. The Labute approximate surface area is 367 Å². The summed E-state index contributed by atoms with van der Waals surface area (Å²) < 4.78 is 0. The highest BCUT2D eigenvalue weighted by atomic mass is 14.9. The van der Waals surface area contributed by atoms with E-state index in [1.54, 1.807) is 6.20 Å². The molecule has 0 saturated heterocycles. The van der Waals surface area contributed by atoms with Gasteiger partial charge in [0.05, 0.1) is 11.4 Å². The van der Waals surface area contributed by atoms with Crippen LogP contribution in [0.5, 0.6) is 0 Å². The smallest absolute Gasteiger partial charge is 0.161 e. The summed E-state index contributed by atoms with van der Waals surface area (Å²) in [4.78, 5) is 15.0. The van der Waals surface area contributed by atoms with Gasteiger partial charge >= 0.3 is 0 Å². The number of fused-ring (bicyclic) bond motifs is 7. The number of nitrogens with zero attached hydrogens (tertiary/aromatic N) is 3. The van der Waals surface area contributed by atoms with E-state index in [0.717, 1.165) is 50.0 Å². The van der Waals surface area contributed by atoms with Crippen molar-refractivity contribution in [2.75, 3.05) is 0 Å². The van der Waals surface area contributed by atoms with Gasteiger partial charge in [-0.3, -0.25) is 4.98 Å². The molecule has 0 atom stereocenters. The molecule has 0 N–H and O–H groups in total. The van der Waals surface area contributed by atoms with E-state index in [1.807, 2.05) is 18.3 Å². The third-order valence-electron chi connectivity index (χ3n) is 13.2. The van der Waals surface area contributed by atoms with Crippen molar-refractivity contribution in [3.05, 3.63) is 224 Å². The van der Waals surface area contributed by atoms with Gasteiger partial charge in [-0.15, -0.1) is 0 Å². The van der Waals surface area contributed by atoms with Gasteiger partial charge < -0.3 is 0 Å². The maximum absolute atomic E-state index is 5.33. The lowest BCUT2D eigenvalue weighted by Gasteiger charge is -2.23. The molecule has 0 spiro atoms. The Morgan fingerprint density at radius 1 is 0.365 bits per heavy atom. The standard InChI is InChI=1S/C60H41N3/c1-60(2)54-27-13-26-51(57(54)53-29-28-38-15-6-7-21-43(38)58(53)60)50-31-30-48(44-22-8-9-23-45(44)50)49-32-33-52(47-25-11-10-24-46(47)49)59-62-55(39-16-4-3-5-17-39)36-56(63-59)41-19-12-18-40(35-41)42-20-14-34-61-37-42/h3-37H,1-2H3. The van der Waals surface area contributed by atoms with Crippen molar-refractivity contribution in [2.24, 2.45) is 0 Å². The van der Waals surface area contributed by atoms with E-state index in [2.05, 4.69) is 207 Å². The third-order valence-corrected chi connectivity index (χ3v) is 13.2. The van der Waals surface area contributed by atoms with Gasteiger partial charge in [0.1, 0.15) is 0 Å². The maximum Gasteiger partial charge on any atom is 0.161 e. The zero-order chi connectivity index (χ0) is 42.1. The Morgan fingerprint density at radius 3 is 1.60 bits per heavy atom. The van der Waals surface area contributed by atoms with Crippen molar-refractivity contribution in [2.45, 2.75) is 19.3 Å². The Hall–Kier alpha value is -8.01. The van der Waals surface area contributed by atoms with E-state index in [9.17, 15) is 0 Å². The fourth-order valence-corrected chi connectivity index (χ4v) is 10.2. The topological polar surface area (TPSA) is 38.7 Å². The van der Waals surface area contributed by atoms with Crippen molar-refractivity contribution >= 4 is 32.3 Å². The van der Waals surface area contributed by atoms with Crippen LogP contribution in [-0.2, 0) is 5.41 Å². The molecule has 11 aromatic rings. The molecule has 0 saturated carbocycles. The number of benzene rings is 9. The molecule has 0 aliphatic heterocycles. The first-order chi connectivity index (χ1) is 31.0. The fourth-order valence-electron chi connectivity index (χ4n) is 10.2. The van der Waals surface area contributed by atoms with Gasteiger partial charge in [-0.1, -0.05) is 190 Å². The molecule has 1 aliphatic carbocycles. The van der Waals surface area contributed by atoms with E-state index < -0.39 is 0 Å². The molecule has 1 aliphatic rings. The highest BCUT2D eigenvalue weighted by Gasteiger charge is 2.38. The summed E-state index contributed by atoms with van der Waals surface area (Å²) in [6.45, 7) is 4.77. The largest absolute Gasteiger partial charge is 0.264 e. The number of rotatable bonds is 6. The van der Waals surface area contributed by atoms with Gasteiger partial charge in [-0.2, -0.15) is 0 Å². The second kappa shape index (κ2) is 14.6. The molecule has 63 heavy (non-hydrogen) atoms. The van der Waals surface area contributed by atoms with Gasteiger partial charge in [0.2, 0.25) is 0 Å². The summed E-state index contributed by atoms with van der Waals surface area (Å²) in [6.07, 6.45) is 3.71. The lowest BCUT2D eigenvalue weighted by atomic mass is 9.80. The second-order valence-electron chi connectivity index (χ2n) is 17.1. The van der Waals surface area contributed by atoms with Gasteiger partial charge in [-0.05, 0) is 107 Å². The molecule has 3 nitrogen and oxygen atoms in total. The van der Waals surface area contributed by atoms with Crippen molar-refractivity contribution in [1.82, 2.24) is 15.0 Å². The summed E-state index contributed by atoms with van der Waals surface area (Å²) in [6, 6.07) is 72.2. The first kappa shape index (κ1) is 36.8. The lowest BCUT2D eigenvalue weighted by Crippen LogP contribution is -2.15. The fraction of sp³-hybridized carbons (Fsp3) is 0.0500. The van der Waals surface area contributed by atoms with E-state index in [-0.39, 0.29) is 5.41 Å². The highest BCUT2D eigenvalue weighted by molar-refractivity contribution is 6.13. The van der Waals surface area contributed by atoms with Crippen molar-refractivity contribution < 1.29 is 0 Å². The first-order valence-electron chi connectivity index (χ1n) is 21.7. The van der Waals surface area contributed by atoms with Crippen LogP contribution in [0.2, 0.25) is 0 Å². The zero-order valence-electron chi connectivity index (χ0n) is 35.0. The Morgan fingerprint density at radius 2 is 0.905 bits per heavy atom. The zero-order valence-corrected chi connectivity index (χ0v) is 35.0. The normalized spacial score (nSPS) is 12.7. The summed E-state index contributed by atoms with van der Waals surface area (Å²) in [5, 5.41) is 7.34. The lowest BCUT2D eigenvalue weighted by molar-refractivity contribution is 0.666. The number of hydrogen-bond acceptors (Lipinski definition) is 3. The molecule has 2 aromatic heterocycles. The number of hydrogen-bond donors (Lipinski definition) is 0. The Kier molecular flexibility index (Phi) is 8.52. The van der Waals surface area contributed by atoms with Crippen molar-refractivity contribution in [3.63, 3.8) is 0 Å². The minimum atomic E-state index is -0.132. The van der Waals surface area contributed by atoms with E-state index in [4.69, 9.17) is 9.97 Å². The van der Waals surface area contributed by atoms with Crippen molar-refractivity contribution in [3.8, 4) is 78.4 Å². The van der Waals surface area contributed by atoms with Gasteiger partial charge in [0.25, 0.3) is 0 Å². The molecule has 0 unspecified atom stereocenters. The van der Waals surface area contributed by atoms with Crippen LogP contribution in [0, 0.1) is 0 Å².